The van der Waals surface area contributed by atoms with E-state index in [1.54, 1.807) is 0 Å². The lowest BCUT2D eigenvalue weighted by atomic mass is 9.71. The van der Waals surface area contributed by atoms with Crippen LogP contribution in [0.5, 0.6) is 0 Å². The molecule has 13 heavy (non-hydrogen) atoms. The average molecular weight is 184 g/mol. The van der Waals surface area contributed by atoms with Crippen molar-refractivity contribution < 1.29 is 14.6 Å². The van der Waals surface area contributed by atoms with Crippen LogP contribution in [0.25, 0.3) is 0 Å². The summed E-state index contributed by atoms with van der Waals surface area (Å²) >= 11 is 0. The highest BCUT2D eigenvalue weighted by molar-refractivity contribution is 5.74. The van der Waals surface area contributed by atoms with Crippen LogP contribution in [0.2, 0.25) is 0 Å². The fourth-order valence-corrected chi connectivity index (χ4v) is 2.36. The van der Waals surface area contributed by atoms with E-state index in [-0.39, 0.29) is 6.10 Å². The summed E-state index contributed by atoms with van der Waals surface area (Å²) in [6, 6.07) is 0. The topological polar surface area (TPSA) is 49.8 Å². The first-order valence-electron chi connectivity index (χ1n) is 5.08. The Hall–Kier alpha value is -0.570. The molecule has 1 saturated heterocycles. The van der Waals surface area contributed by atoms with E-state index >= 15 is 0 Å². The summed E-state index contributed by atoms with van der Waals surface area (Å²) in [4.78, 5) is 11.2. The van der Waals surface area contributed by atoms with Crippen molar-refractivity contribution in [1.82, 2.24) is 0 Å². The molecule has 1 N–H and O–H groups in total. The highest BCUT2D eigenvalue weighted by atomic mass is 16.6. The first-order valence-corrected chi connectivity index (χ1v) is 5.08. The van der Waals surface area contributed by atoms with Crippen LogP contribution in [0.1, 0.15) is 38.5 Å². The molecule has 1 heterocycles. The van der Waals surface area contributed by atoms with Crippen molar-refractivity contribution in [3.8, 4) is 0 Å². The molecule has 0 radical (unpaired) electrons. The van der Waals surface area contributed by atoms with Gasteiger partial charge in [0.15, 0.2) is 0 Å². The van der Waals surface area contributed by atoms with Crippen LogP contribution in [0.15, 0.2) is 0 Å². The Bertz CT molecular complexity index is 202. The molecular weight excluding hydrogens is 168 g/mol. The predicted molar refractivity (Wildman–Crippen MR) is 47.5 cm³/mol. The number of hydrogen-bond acceptors (Lipinski definition) is 2. The Morgan fingerprint density at radius 2 is 2.00 bits per heavy atom. The number of aliphatic carboxylic acids is 1. The van der Waals surface area contributed by atoms with Gasteiger partial charge in [-0.15, -0.1) is 0 Å². The maximum absolute atomic E-state index is 11.2. The normalized spacial score (nSPS) is 31.2. The van der Waals surface area contributed by atoms with E-state index in [9.17, 15) is 9.90 Å². The van der Waals surface area contributed by atoms with Gasteiger partial charge in [0.05, 0.1) is 18.1 Å². The van der Waals surface area contributed by atoms with Gasteiger partial charge in [0.1, 0.15) is 0 Å². The lowest BCUT2D eigenvalue weighted by Gasteiger charge is -2.32. The zero-order chi connectivity index (χ0) is 9.31. The molecule has 74 valence electrons. The van der Waals surface area contributed by atoms with E-state index in [2.05, 4.69) is 0 Å². The standard InChI is InChI=1S/C10H16O3/c11-9(12)10(6-8-7-13-8)4-2-1-3-5-10/h8H,1-7H2,(H,11,12)/t8-/m1/s1. The number of carboxylic acids is 1. The highest BCUT2D eigenvalue weighted by Gasteiger charge is 2.44. The molecule has 2 fully saturated rings. The molecule has 0 spiro atoms. The zero-order valence-corrected chi connectivity index (χ0v) is 7.79. The quantitative estimate of drug-likeness (QED) is 0.680. The van der Waals surface area contributed by atoms with E-state index in [0.717, 1.165) is 38.7 Å². The van der Waals surface area contributed by atoms with Gasteiger partial charge in [-0.05, 0) is 19.3 Å². The summed E-state index contributed by atoms with van der Waals surface area (Å²) in [6.45, 7) is 0.773. The molecule has 0 bridgehead atoms. The van der Waals surface area contributed by atoms with Gasteiger partial charge in [-0.3, -0.25) is 4.79 Å². The largest absolute Gasteiger partial charge is 0.481 e. The molecule has 0 amide bonds. The first kappa shape index (κ1) is 9.00. The van der Waals surface area contributed by atoms with Gasteiger partial charge < -0.3 is 9.84 Å². The number of carboxylic acid groups (broad SMARTS) is 1. The van der Waals surface area contributed by atoms with Gasteiger partial charge in [-0.2, -0.15) is 0 Å². The fraction of sp³-hybridized carbons (Fsp3) is 0.900. The second-order valence-corrected chi connectivity index (χ2v) is 4.31. The number of ether oxygens (including phenoxy) is 1. The molecule has 3 nitrogen and oxygen atoms in total. The van der Waals surface area contributed by atoms with Crippen molar-refractivity contribution in [2.75, 3.05) is 6.61 Å². The third-order valence-electron chi connectivity index (χ3n) is 3.29. The van der Waals surface area contributed by atoms with Gasteiger partial charge in [0.25, 0.3) is 0 Å². The average Bonchev–Trinajstić information content (AvgIpc) is 2.90. The third kappa shape index (κ3) is 1.85. The smallest absolute Gasteiger partial charge is 0.309 e. The van der Waals surface area contributed by atoms with Crippen LogP contribution < -0.4 is 0 Å². The Kier molecular flexibility index (Phi) is 2.28. The molecule has 1 atom stereocenters. The van der Waals surface area contributed by atoms with E-state index in [1.807, 2.05) is 0 Å². The number of rotatable bonds is 3. The second kappa shape index (κ2) is 3.29. The predicted octanol–water partition coefficient (Wildman–Crippen LogP) is 1.81. The van der Waals surface area contributed by atoms with Gasteiger partial charge in [-0.25, -0.2) is 0 Å². The van der Waals surface area contributed by atoms with Gasteiger partial charge >= 0.3 is 5.97 Å². The molecule has 0 unspecified atom stereocenters. The zero-order valence-electron chi connectivity index (χ0n) is 7.79. The lowest BCUT2D eigenvalue weighted by molar-refractivity contribution is -0.151. The van der Waals surface area contributed by atoms with Crippen LogP contribution in [-0.2, 0) is 9.53 Å². The molecular formula is C10H16O3. The van der Waals surface area contributed by atoms with Gasteiger partial charge in [0.2, 0.25) is 0 Å². The highest BCUT2D eigenvalue weighted by Crippen LogP contribution is 2.42. The minimum absolute atomic E-state index is 0.245. The Balaban J connectivity index is 2.02. The van der Waals surface area contributed by atoms with Crippen molar-refractivity contribution in [3.63, 3.8) is 0 Å². The first-order chi connectivity index (χ1) is 6.23. The summed E-state index contributed by atoms with van der Waals surface area (Å²) in [6.07, 6.45) is 6.01. The minimum atomic E-state index is -0.609. The molecule has 0 aromatic carbocycles. The molecule has 2 aliphatic rings. The van der Waals surface area contributed by atoms with Crippen molar-refractivity contribution in [3.05, 3.63) is 0 Å². The van der Waals surface area contributed by atoms with Crippen LogP contribution in [0.4, 0.5) is 0 Å². The molecule has 2 rings (SSSR count). The fourth-order valence-electron chi connectivity index (χ4n) is 2.36. The number of hydrogen-bond donors (Lipinski definition) is 1. The van der Waals surface area contributed by atoms with Crippen molar-refractivity contribution >= 4 is 5.97 Å². The summed E-state index contributed by atoms with van der Waals surface area (Å²) in [5, 5.41) is 9.21. The summed E-state index contributed by atoms with van der Waals surface area (Å²) in [7, 11) is 0. The summed E-state index contributed by atoms with van der Waals surface area (Å²) in [5.74, 6) is -0.609. The third-order valence-corrected chi connectivity index (χ3v) is 3.29. The van der Waals surface area contributed by atoms with E-state index < -0.39 is 11.4 Å². The number of epoxide rings is 1. The van der Waals surface area contributed by atoms with Crippen LogP contribution in [0, 0.1) is 5.41 Å². The number of carbonyl (C=O) groups is 1. The molecule has 1 aliphatic carbocycles. The maximum atomic E-state index is 11.2. The lowest BCUT2D eigenvalue weighted by Crippen LogP contribution is -2.34. The van der Waals surface area contributed by atoms with Crippen LogP contribution >= 0.6 is 0 Å². The Morgan fingerprint density at radius 1 is 1.38 bits per heavy atom. The minimum Gasteiger partial charge on any atom is -0.481 e. The van der Waals surface area contributed by atoms with Crippen molar-refractivity contribution in [2.45, 2.75) is 44.6 Å². The van der Waals surface area contributed by atoms with Crippen molar-refractivity contribution in [2.24, 2.45) is 5.41 Å². The van der Waals surface area contributed by atoms with Crippen LogP contribution in [0.3, 0.4) is 0 Å². The molecule has 1 aliphatic heterocycles. The molecule has 0 aromatic heterocycles. The van der Waals surface area contributed by atoms with E-state index in [0.29, 0.717) is 0 Å². The second-order valence-electron chi connectivity index (χ2n) is 4.31. The van der Waals surface area contributed by atoms with E-state index in [1.165, 1.54) is 6.42 Å². The molecule has 3 heteroatoms. The van der Waals surface area contributed by atoms with Crippen molar-refractivity contribution in [1.29, 1.82) is 0 Å². The summed E-state index contributed by atoms with van der Waals surface area (Å²) in [5.41, 5.74) is -0.445. The Morgan fingerprint density at radius 3 is 2.46 bits per heavy atom. The van der Waals surface area contributed by atoms with E-state index in [4.69, 9.17) is 4.74 Å². The Labute approximate surface area is 78.1 Å². The molecule has 0 aromatic rings. The van der Waals surface area contributed by atoms with Gasteiger partial charge in [0, 0.05) is 0 Å². The summed E-state index contributed by atoms with van der Waals surface area (Å²) < 4.78 is 5.12. The SMILES string of the molecule is O=C(O)C1(C[C@@H]2CO2)CCCCC1. The monoisotopic (exact) mass is 184 g/mol. The van der Waals surface area contributed by atoms with Crippen LogP contribution in [-0.4, -0.2) is 23.8 Å². The van der Waals surface area contributed by atoms with Gasteiger partial charge in [-0.1, -0.05) is 19.3 Å². The maximum Gasteiger partial charge on any atom is 0.309 e. The molecule has 1 saturated carbocycles.